The lowest BCUT2D eigenvalue weighted by Crippen LogP contribution is -2.43. The summed E-state index contributed by atoms with van der Waals surface area (Å²) in [5.41, 5.74) is 0. The third kappa shape index (κ3) is 5.49. The number of hydrogen-bond acceptors (Lipinski definition) is 3. The van der Waals surface area contributed by atoms with E-state index in [0.717, 1.165) is 39.0 Å². The van der Waals surface area contributed by atoms with Crippen molar-refractivity contribution in [2.24, 2.45) is 5.92 Å². The average Bonchev–Trinajstić information content (AvgIpc) is 2.98. The third-order valence-corrected chi connectivity index (χ3v) is 3.89. The highest BCUT2D eigenvalue weighted by Gasteiger charge is 2.26. The van der Waals surface area contributed by atoms with Gasteiger partial charge in [-0.2, -0.15) is 5.10 Å². The fourth-order valence-electron chi connectivity index (χ4n) is 2.59. The van der Waals surface area contributed by atoms with Crippen molar-refractivity contribution in [2.45, 2.75) is 32.7 Å². The lowest BCUT2D eigenvalue weighted by atomic mass is 9.96. The Balaban J connectivity index is 0.00000200. The summed E-state index contributed by atoms with van der Waals surface area (Å²) >= 11 is 0. The molecule has 1 atom stereocenters. The lowest BCUT2D eigenvalue weighted by Gasteiger charge is -2.33. The van der Waals surface area contributed by atoms with E-state index in [1.807, 2.05) is 24.1 Å². The van der Waals surface area contributed by atoms with Gasteiger partial charge in [-0.1, -0.05) is 6.92 Å². The maximum absolute atomic E-state index is 12.4. The Labute approximate surface area is 139 Å². The molecule has 1 aromatic rings. The number of rotatable bonds is 5. The maximum atomic E-state index is 12.4. The number of nitrogens with zero attached hydrogens (tertiary/aromatic N) is 3. The molecule has 0 spiro atoms. The van der Waals surface area contributed by atoms with Crippen LogP contribution in [0.1, 0.15) is 32.7 Å². The Morgan fingerprint density at radius 1 is 1.38 bits per heavy atom. The normalized spacial score (nSPS) is 16.8. The summed E-state index contributed by atoms with van der Waals surface area (Å²) in [6.07, 6.45) is 5.77. The molecule has 122 valence electrons. The topological polar surface area (TPSA) is 50.2 Å². The van der Waals surface area contributed by atoms with E-state index < -0.39 is 0 Å². The summed E-state index contributed by atoms with van der Waals surface area (Å²) in [6.45, 7) is 7.90. The van der Waals surface area contributed by atoms with Crippen molar-refractivity contribution < 1.29 is 4.79 Å². The first-order valence-electron chi connectivity index (χ1n) is 7.21. The molecule has 1 aliphatic heterocycles. The monoisotopic (exact) mass is 336 g/mol. The van der Waals surface area contributed by atoms with Crippen LogP contribution in [0.4, 0.5) is 0 Å². The molecule has 1 unspecified atom stereocenters. The minimum absolute atomic E-state index is 0. The van der Waals surface area contributed by atoms with E-state index in [1.165, 1.54) is 0 Å². The Hall–Kier alpha value is -0.780. The van der Waals surface area contributed by atoms with Gasteiger partial charge in [0, 0.05) is 25.5 Å². The number of nitrogens with one attached hydrogen (secondary N) is 1. The van der Waals surface area contributed by atoms with Gasteiger partial charge in [-0.15, -0.1) is 24.8 Å². The van der Waals surface area contributed by atoms with Crippen molar-refractivity contribution in [3.8, 4) is 0 Å². The molecule has 1 saturated heterocycles. The summed E-state index contributed by atoms with van der Waals surface area (Å²) in [7, 11) is 0. The molecule has 0 aliphatic carbocycles. The fourth-order valence-corrected chi connectivity index (χ4v) is 2.59. The molecule has 1 aromatic heterocycles. The number of amides is 1. The lowest BCUT2D eigenvalue weighted by molar-refractivity contribution is -0.136. The first-order chi connectivity index (χ1) is 9.22. The Morgan fingerprint density at radius 2 is 2.05 bits per heavy atom. The smallest absolute Gasteiger partial charge is 0.247 e. The van der Waals surface area contributed by atoms with Gasteiger partial charge in [0.05, 0.1) is 0 Å². The van der Waals surface area contributed by atoms with Crippen LogP contribution in [-0.4, -0.2) is 46.8 Å². The van der Waals surface area contributed by atoms with Crippen LogP contribution in [0.25, 0.3) is 0 Å². The molecule has 7 heteroatoms. The van der Waals surface area contributed by atoms with Crippen molar-refractivity contribution in [2.75, 3.05) is 26.2 Å². The molecule has 1 N–H and O–H groups in total. The van der Waals surface area contributed by atoms with E-state index in [4.69, 9.17) is 0 Å². The summed E-state index contributed by atoms with van der Waals surface area (Å²) < 4.78 is 1.73. The van der Waals surface area contributed by atoms with Crippen LogP contribution in [0.15, 0.2) is 18.5 Å². The average molecular weight is 337 g/mol. The summed E-state index contributed by atoms with van der Waals surface area (Å²) in [5, 5.41) is 7.54. The molecule has 0 aromatic carbocycles. The molecule has 2 rings (SSSR count). The second-order valence-electron chi connectivity index (χ2n) is 5.24. The van der Waals surface area contributed by atoms with Gasteiger partial charge in [0.25, 0.3) is 0 Å². The Morgan fingerprint density at radius 3 is 2.57 bits per heavy atom. The fraction of sp³-hybridized carbons (Fsp3) is 0.714. The number of carbonyl (C=O) groups is 1. The van der Waals surface area contributed by atoms with Crippen LogP contribution < -0.4 is 5.32 Å². The van der Waals surface area contributed by atoms with Gasteiger partial charge in [-0.05, 0) is 44.8 Å². The van der Waals surface area contributed by atoms with E-state index in [-0.39, 0.29) is 36.8 Å². The van der Waals surface area contributed by atoms with Crippen molar-refractivity contribution >= 4 is 30.7 Å². The maximum Gasteiger partial charge on any atom is 0.247 e. The van der Waals surface area contributed by atoms with Crippen LogP contribution in [0.3, 0.4) is 0 Å². The number of likely N-dealkylation sites (tertiary alicyclic amines) is 1. The van der Waals surface area contributed by atoms with Crippen LogP contribution in [0, 0.1) is 5.92 Å². The molecule has 21 heavy (non-hydrogen) atoms. The van der Waals surface area contributed by atoms with Crippen molar-refractivity contribution in [3.63, 3.8) is 0 Å². The SMILES string of the molecule is CCNCC1CCN(C(=O)C(C)n2cccn2)CC1.Cl.Cl. The van der Waals surface area contributed by atoms with E-state index in [2.05, 4.69) is 17.3 Å². The molecule has 0 bridgehead atoms. The number of carbonyl (C=O) groups excluding carboxylic acids is 1. The zero-order chi connectivity index (χ0) is 13.7. The predicted octanol–water partition coefficient (Wildman–Crippen LogP) is 2.14. The third-order valence-electron chi connectivity index (χ3n) is 3.89. The van der Waals surface area contributed by atoms with Crippen molar-refractivity contribution in [1.29, 1.82) is 0 Å². The van der Waals surface area contributed by atoms with E-state index in [0.29, 0.717) is 5.92 Å². The zero-order valence-electron chi connectivity index (χ0n) is 12.7. The van der Waals surface area contributed by atoms with Gasteiger partial charge in [0.1, 0.15) is 6.04 Å². The second kappa shape index (κ2) is 10.0. The van der Waals surface area contributed by atoms with E-state index in [1.54, 1.807) is 10.9 Å². The standard InChI is InChI=1S/C14H24N4O.2ClH/c1-3-15-11-13-5-9-17(10-6-13)14(19)12(2)18-8-4-7-16-18;;/h4,7-8,12-13,15H,3,5-6,9-11H2,1-2H3;2*1H. The first-order valence-corrected chi connectivity index (χ1v) is 7.21. The summed E-state index contributed by atoms with van der Waals surface area (Å²) in [4.78, 5) is 14.3. The minimum Gasteiger partial charge on any atom is -0.341 e. The van der Waals surface area contributed by atoms with E-state index in [9.17, 15) is 4.79 Å². The van der Waals surface area contributed by atoms with Crippen LogP contribution >= 0.6 is 24.8 Å². The van der Waals surface area contributed by atoms with Crippen molar-refractivity contribution in [1.82, 2.24) is 20.0 Å². The zero-order valence-corrected chi connectivity index (χ0v) is 14.3. The molecule has 1 aliphatic rings. The highest BCUT2D eigenvalue weighted by molar-refractivity contribution is 5.85. The second-order valence-corrected chi connectivity index (χ2v) is 5.24. The highest BCUT2D eigenvalue weighted by Crippen LogP contribution is 2.19. The van der Waals surface area contributed by atoms with Crippen LogP contribution in [0.5, 0.6) is 0 Å². The number of halogens is 2. The quantitative estimate of drug-likeness (QED) is 0.896. The van der Waals surface area contributed by atoms with Gasteiger partial charge in [0.2, 0.25) is 5.91 Å². The summed E-state index contributed by atoms with van der Waals surface area (Å²) in [5.74, 6) is 0.898. The van der Waals surface area contributed by atoms with Crippen molar-refractivity contribution in [3.05, 3.63) is 18.5 Å². The Bertz CT molecular complexity index is 392. The molecule has 2 heterocycles. The minimum atomic E-state index is -0.194. The van der Waals surface area contributed by atoms with Gasteiger partial charge >= 0.3 is 0 Å². The van der Waals surface area contributed by atoms with Gasteiger partial charge in [-0.3, -0.25) is 9.48 Å². The first kappa shape index (κ1) is 20.2. The molecule has 0 radical (unpaired) electrons. The number of aromatic nitrogens is 2. The largest absolute Gasteiger partial charge is 0.341 e. The molecule has 5 nitrogen and oxygen atoms in total. The molecule has 1 amide bonds. The van der Waals surface area contributed by atoms with Gasteiger partial charge in [-0.25, -0.2) is 0 Å². The van der Waals surface area contributed by atoms with Gasteiger partial charge in [0.15, 0.2) is 0 Å². The number of hydrogen-bond donors (Lipinski definition) is 1. The van der Waals surface area contributed by atoms with Gasteiger partial charge < -0.3 is 10.2 Å². The van der Waals surface area contributed by atoms with Crippen LogP contribution in [-0.2, 0) is 4.79 Å². The number of piperidine rings is 1. The van der Waals surface area contributed by atoms with E-state index >= 15 is 0 Å². The summed E-state index contributed by atoms with van der Waals surface area (Å²) in [6, 6.07) is 1.66. The predicted molar refractivity (Wildman–Crippen MR) is 89.3 cm³/mol. The molecule has 1 fully saturated rings. The Kier molecular flexibility index (Phi) is 9.66. The highest BCUT2D eigenvalue weighted by atomic mass is 35.5. The van der Waals surface area contributed by atoms with Crippen LogP contribution in [0.2, 0.25) is 0 Å². The molecular formula is C14H26Cl2N4O. The molecule has 0 saturated carbocycles. The molecular weight excluding hydrogens is 311 g/mol.